The maximum Gasteiger partial charge on any atom is 0.182 e. The predicted molar refractivity (Wildman–Crippen MR) is 65.6 cm³/mol. The van der Waals surface area contributed by atoms with Gasteiger partial charge < -0.3 is 5.32 Å². The van der Waals surface area contributed by atoms with E-state index in [1.807, 2.05) is 32.9 Å². The molecule has 16 heavy (non-hydrogen) atoms. The summed E-state index contributed by atoms with van der Waals surface area (Å²) in [4.78, 5) is 0.450. The number of hydrogen-bond acceptors (Lipinski definition) is 3. The van der Waals surface area contributed by atoms with Crippen LogP contribution in [0, 0.1) is 0 Å². The average Bonchev–Trinajstić information content (AvgIpc) is 2.14. The second-order valence-electron chi connectivity index (χ2n) is 4.91. The number of benzene rings is 1. The fraction of sp³-hybridized carbons (Fsp3) is 0.500. The molecule has 0 saturated carbocycles. The van der Waals surface area contributed by atoms with Crippen molar-refractivity contribution < 1.29 is 8.42 Å². The summed E-state index contributed by atoms with van der Waals surface area (Å²) in [5.41, 5.74) is 1.46. The van der Waals surface area contributed by atoms with E-state index in [2.05, 4.69) is 5.32 Å². The van der Waals surface area contributed by atoms with Crippen molar-refractivity contribution in [2.75, 3.05) is 11.1 Å². The van der Waals surface area contributed by atoms with E-state index in [1.54, 1.807) is 6.07 Å². The van der Waals surface area contributed by atoms with Crippen molar-refractivity contribution in [1.82, 2.24) is 0 Å². The number of nitrogens with one attached hydrogen (secondary N) is 1. The Labute approximate surface area is 96.8 Å². The fourth-order valence-electron chi connectivity index (χ4n) is 2.20. The molecule has 0 fully saturated rings. The quantitative estimate of drug-likeness (QED) is 0.817. The van der Waals surface area contributed by atoms with Crippen molar-refractivity contribution in [1.29, 1.82) is 0 Å². The van der Waals surface area contributed by atoms with Gasteiger partial charge in [-0.05, 0) is 31.9 Å². The molecule has 0 atom stereocenters. The summed E-state index contributed by atoms with van der Waals surface area (Å²) in [5.74, 6) is 0.153. The fourth-order valence-corrected chi connectivity index (χ4v) is 4.16. The van der Waals surface area contributed by atoms with E-state index in [9.17, 15) is 8.42 Å². The smallest absolute Gasteiger partial charge is 0.182 e. The van der Waals surface area contributed by atoms with Crippen LogP contribution in [-0.4, -0.2) is 19.7 Å². The van der Waals surface area contributed by atoms with Crippen LogP contribution < -0.4 is 5.32 Å². The monoisotopic (exact) mass is 239 g/mol. The number of anilines is 1. The first kappa shape index (κ1) is 11.5. The van der Waals surface area contributed by atoms with Gasteiger partial charge in [0, 0.05) is 5.54 Å². The van der Waals surface area contributed by atoms with Crippen molar-refractivity contribution in [3.05, 3.63) is 23.8 Å². The Bertz CT molecular complexity index is 518. The van der Waals surface area contributed by atoms with Crippen LogP contribution in [-0.2, 0) is 16.3 Å². The highest BCUT2D eigenvalue weighted by Gasteiger charge is 2.35. The minimum atomic E-state index is -3.14. The predicted octanol–water partition coefficient (Wildman–Crippen LogP) is 2.23. The summed E-state index contributed by atoms with van der Waals surface area (Å²) < 4.78 is 24.2. The Balaban J connectivity index is 2.69. The number of hydrogen-bond donors (Lipinski definition) is 1. The Kier molecular flexibility index (Phi) is 2.49. The van der Waals surface area contributed by atoms with Gasteiger partial charge >= 0.3 is 0 Å². The van der Waals surface area contributed by atoms with Crippen LogP contribution in [0.5, 0.6) is 0 Å². The second-order valence-corrected chi connectivity index (χ2v) is 6.87. The third-order valence-corrected chi connectivity index (χ3v) is 4.95. The highest BCUT2D eigenvalue weighted by atomic mass is 32.2. The average molecular weight is 239 g/mol. The molecule has 0 spiro atoms. The molecule has 0 aromatic heterocycles. The van der Waals surface area contributed by atoms with Gasteiger partial charge in [-0.25, -0.2) is 8.42 Å². The van der Waals surface area contributed by atoms with E-state index < -0.39 is 15.4 Å². The maximum atomic E-state index is 12.1. The number of fused-ring (bicyclic) bond motifs is 1. The SMILES string of the molecule is CCc1cccc2c1NC(C)(C)CS2(=O)=O. The molecule has 1 heterocycles. The van der Waals surface area contributed by atoms with E-state index in [1.165, 1.54) is 0 Å². The minimum Gasteiger partial charge on any atom is -0.378 e. The van der Waals surface area contributed by atoms with Gasteiger partial charge in [-0.15, -0.1) is 0 Å². The highest BCUT2D eigenvalue weighted by molar-refractivity contribution is 7.91. The van der Waals surface area contributed by atoms with E-state index in [4.69, 9.17) is 0 Å². The number of aryl methyl sites for hydroxylation is 1. The van der Waals surface area contributed by atoms with Crippen molar-refractivity contribution in [3.8, 4) is 0 Å². The van der Waals surface area contributed by atoms with Gasteiger partial charge in [0.25, 0.3) is 0 Å². The largest absolute Gasteiger partial charge is 0.378 e. The topological polar surface area (TPSA) is 46.2 Å². The molecule has 1 aliphatic rings. The molecule has 88 valence electrons. The zero-order valence-electron chi connectivity index (χ0n) is 9.87. The standard InChI is InChI=1S/C12H17NO2S/c1-4-9-6-5-7-10-11(9)13-12(2,3)8-16(10,14)15/h5-7,13H,4,8H2,1-3H3. The third-order valence-electron chi connectivity index (χ3n) is 2.84. The maximum absolute atomic E-state index is 12.1. The summed E-state index contributed by atoms with van der Waals surface area (Å²) in [6.07, 6.45) is 0.835. The van der Waals surface area contributed by atoms with E-state index in [0.717, 1.165) is 17.7 Å². The van der Waals surface area contributed by atoms with Gasteiger partial charge in [0.15, 0.2) is 9.84 Å². The zero-order valence-corrected chi connectivity index (χ0v) is 10.7. The van der Waals surface area contributed by atoms with Crippen molar-refractivity contribution in [2.45, 2.75) is 37.6 Å². The molecule has 1 N–H and O–H groups in total. The molecule has 2 rings (SSSR count). The van der Waals surface area contributed by atoms with Gasteiger partial charge in [-0.1, -0.05) is 19.1 Å². The molecule has 1 aliphatic heterocycles. The van der Waals surface area contributed by atoms with Gasteiger partial charge in [-0.2, -0.15) is 0 Å². The summed E-state index contributed by atoms with van der Waals surface area (Å²) >= 11 is 0. The molecule has 0 unspecified atom stereocenters. The first-order chi connectivity index (χ1) is 7.36. The molecule has 4 heteroatoms. The molecule has 0 radical (unpaired) electrons. The first-order valence-corrected chi connectivity index (χ1v) is 7.14. The molecule has 0 aliphatic carbocycles. The Morgan fingerprint density at radius 1 is 1.38 bits per heavy atom. The molecule has 0 bridgehead atoms. The molecule has 1 aromatic rings. The lowest BCUT2D eigenvalue weighted by Gasteiger charge is -2.34. The van der Waals surface area contributed by atoms with Gasteiger partial charge in [-0.3, -0.25) is 0 Å². The van der Waals surface area contributed by atoms with Crippen molar-refractivity contribution >= 4 is 15.5 Å². The van der Waals surface area contributed by atoms with Crippen LogP contribution in [0.1, 0.15) is 26.3 Å². The van der Waals surface area contributed by atoms with Crippen LogP contribution in [0.25, 0.3) is 0 Å². The highest BCUT2D eigenvalue weighted by Crippen LogP contribution is 2.35. The van der Waals surface area contributed by atoms with Crippen molar-refractivity contribution in [3.63, 3.8) is 0 Å². The lowest BCUT2D eigenvalue weighted by Crippen LogP contribution is -2.43. The van der Waals surface area contributed by atoms with Crippen LogP contribution in [0.2, 0.25) is 0 Å². The van der Waals surface area contributed by atoms with Crippen molar-refractivity contribution in [2.24, 2.45) is 0 Å². The summed E-state index contributed by atoms with van der Waals surface area (Å²) in [6, 6.07) is 5.48. The van der Waals surface area contributed by atoms with Crippen LogP contribution >= 0.6 is 0 Å². The van der Waals surface area contributed by atoms with Crippen LogP contribution in [0.3, 0.4) is 0 Å². The number of para-hydroxylation sites is 1. The zero-order chi connectivity index (χ0) is 12.0. The second kappa shape index (κ2) is 3.48. The number of sulfone groups is 1. The van der Waals surface area contributed by atoms with E-state index >= 15 is 0 Å². The number of rotatable bonds is 1. The molecular weight excluding hydrogens is 222 g/mol. The van der Waals surface area contributed by atoms with Crippen LogP contribution in [0.4, 0.5) is 5.69 Å². The van der Waals surface area contributed by atoms with Crippen LogP contribution in [0.15, 0.2) is 23.1 Å². The third kappa shape index (κ3) is 1.82. The Hall–Kier alpha value is -1.03. The van der Waals surface area contributed by atoms with Gasteiger partial charge in [0.2, 0.25) is 0 Å². The summed E-state index contributed by atoms with van der Waals surface area (Å²) in [5, 5.41) is 3.33. The normalized spacial score (nSPS) is 20.9. The molecule has 0 amide bonds. The van der Waals surface area contributed by atoms with E-state index in [-0.39, 0.29) is 5.75 Å². The van der Waals surface area contributed by atoms with Gasteiger partial charge in [0.05, 0.1) is 16.3 Å². The molecule has 0 saturated heterocycles. The Morgan fingerprint density at radius 2 is 2.06 bits per heavy atom. The van der Waals surface area contributed by atoms with Gasteiger partial charge in [0.1, 0.15) is 0 Å². The summed E-state index contributed by atoms with van der Waals surface area (Å²) in [6.45, 7) is 5.87. The molecule has 3 nitrogen and oxygen atoms in total. The minimum absolute atomic E-state index is 0.153. The van der Waals surface area contributed by atoms with E-state index in [0.29, 0.717) is 4.90 Å². The Morgan fingerprint density at radius 3 is 2.69 bits per heavy atom. The molecular formula is C12H17NO2S. The lowest BCUT2D eigenvalue weighted by atomic mass is 10.0. The molecule has 1 aromatic carbocycles. The lowest BCUT2D eigenvalue weighted by molar-refractivity contribution is 0.555. The first-order valence-electron chi connectivity index (χ1n) is 5.48. The summed E-state index contributed by atoms with van der Waals surface area (Å²) in [7, 11) is -3.14.